The molecule has 2 nitrogen and oxygen atoms in total. The number of hydrazone groups is 1. The second-order valence-electron chi connectivity index (χ2n) is 2.42. The highest BCUT2D eigenvalue weighted by Gasteiger charge is 1.97. The van der Waals surface area contributed by atoms with Gasteiger partial charge in [-0.1, -0.05) is 24.3 Å². The Kier molecular flexibility index (Phi) is 3.26. The zero-order valence-corrected chi connectivity index (χ0v) is 6.70. The predicted octanol–water partition coefficient (Wildman–Crippen LogP) is 1.49. The third-order valence-electron chi connectivity index (χ3n) is 1.63. The van der Waals surface area contributed by atoms with Crippen LogP contribution in [-0.2, 0) is 6.42 Å². The number of benzene rings is 1. The Bertz CT molecular complexity index is 271. The number of aryl methyl sites for hydroxylation is 1. The number of hydrogen-bond donors (Lipinski definition) is 1. The Morgan fingerprint density at radius 2 is 2.17 bits per heavy atom. The summed E-state index contributed by atoms with van der Waals surface area (Å²) in [6, 6.07) is 7.48. The average Bonchev–Trinajstić information content (AvgIpc) is 2.09. The molecule has 1 aromatic carbocycles. The molecule has 0 fully saturated rings. The van der Waals surface area contributed by atoms with Gasteiger partial charge in [-0.2, -0.15) is 5.10 Å². The third-order valence-corrected chi connectivity index (χ3v) is 1.63. The molecule has 0 radical (unpaired) electrons. The fraction of sp³-hybridized carbons (Fsp3) is 0.222. The zero-order valence-electron chi connectivity index (χ0n) is 6.70. The maximum Gasteiger partial charge on any atom is 0.0935 e. The second kappa shape index (κ2) is 4.49. The van der Waals surface area contributed by atoms with Gasteiger partial charge in [0.25, 0.3) is 0 Å². The topological polar surface area (TPSA) is 38.4 Å². The smallest absolute Gasteiger partial charge is 0.0935 e. The van der Waals surface area contributed by atoms with Crippen LogP contribution in [-0.4, -0.2) is 12.9 Å². The normalized spacial score (nSPS) is 10.8. The van der Waals surface area contributed by atoms with E-state index in [0.29, 0.717) is 6.42 Å². The van der Waals surface area contributed by atoms with Crippen molar-refractivity contribution in [2.45, 2.75) is 6.42 Å². The van der Waals surface area contributed by atoms with Crippen LogP contribution < -0.4 is 5.84 Å². The molecule has 0 aliphatic heterocycles. The molecular weight excluding hydrogens is 155 g/mol. The van der Waals surface area contributed by atoms with Crippen LogP contribution in [0.4, 0.5) is 4.39 Å². The van der Waals surface area contributed by atoms with Gasteiger partial charge in [-0.05, 0) is 11.1 Å². The van der Waals surface area contributed by atoms with Crippen molar-refractivity contribution in [2.75, 3.05) is 6.67 Å². The van der Waals surface area contributed by atoms with Crippen molar-refractivity contribution in [1.82, 2.24) is 0 Å². The molecule has 0 aliphatic rings. The number of hydrogen-bond acceptors (Lipinski definition) is 2. The van der Waals surface area contributed by atoms with E-state index in [0.717, 1.165) is 11.1 Å². The van der Waals surface area contributed by atoms with Crippen LogP contribution >= 0.6 is 0 Å². The highest BCUT2D eigenvalue weighted by atomic mass is 19.1. The van der Waals surface area contributed by atoms with E-state index in [1.54, 1.807) is 0 Å². The summed E-state index contributed by atoms with van der Waals surface area (Å²) in [4.78, 5) is 0. The van der Waals surface area contributed by atoms with Gasteiger partial charge in [0.05, 0.1) is 12.9 Å². The van der Waals surface area contributed by atoms with Gasteiger partial charge in [0.1, 0.15) is 0 Å². The minimum absolute atomic E-state index is 0.352. The molecule has 3 heteroatoms. The molecule has 12 heavy (non-hydrogen) atoms. The zero-order chi connectivity index (χ0) is 8.81. The first kappa shape index (κ1) is 8.71. The van der Waals surface area contributed by atoms with Gasteiger partial charge in [-0.25, -0.2) is 0 Å². The summed E-state index contributed by atoms with van der Waals surface area (Å²) in [5, 5.41) is 3.40. The van der Waals surface area contributed by atoms with Crippen LogP contribution in [0.25, 0.3) is 0 Å². The van der Waals surface area contributed by atoms with E-state index >= 15 is 0 Å². The lowest BCUT2D eigenvalue weighted by atomic mass is 10.1. The first-order chi connectivity index (χ1) is 5.88. The first-order valence-corrected chi connectivity index (χ1v) is 3.75. The van der Waals surface area contributed by atoms with E-state index in [1.165, 1.54) is 6.21 Å². The molecular formula is C9H11FN2. The lowest BCUT2D eigenvalue weighted by Gasteiger charge is -2.00. The molecule has 1 rings (SSSR count). The third kappa shape index (κ3) is 2.05. The van der Waals surface area contributed by atoms with Crippen molar-refractivity contribution >= 4 is 6.21 Å². The Balaban J connectivity index is 2.91. The Morgan fingerprint density at radius 3 is 2.83 bits per heavy atom. The molecule has 0 aliphatic carbocycles. The monoisotopic (exact) mass is 166 g/mol. The highest BCUT2D eigenvalue weighted by molar-refractivity contribution is 5.81. The lowest BCUT2D eigenvalue weighted by Crippen LogP contribution is -1.95. The fourth-order valence-electron chi connectivity index (χ4n) is 1.07. The van der Waals surface area contributed by atoms with Crippen molar-refractivity contribution in [1.29, 1.82) is 0 Å². The summed E-state index contributed by atoms with van der Waals surface area (Å²) >= 11 is 0. The van der Waals surface area contributed by atoms with E-state index in [9.17, 15) is 4.39 Å². The maximum absolute atomic E-state index is 12.0. The average molecular weight is 166 g/mol. The van der Waals surface area contributed by atoms with Gasteiger partial charge in [0, 0.05) is 6.42 Å². The van der Waals surface area contributed by atoms with Gasteiger partial charge in [-0.15, -0.1) is 0 Å². The van der Waals surface area contributed by atoms with Crippen molar-refractivity contribution in [2.24, 2.45) is 10.9 Å². The summed E-state index contributed by atoms with van der Waals surface area (Å²) in [6.45, 7) is -0.352. The molecule has 0 bridgehead atoms. The van der Waals surface area contributed by atoms with Gasteiger partial charge in [-0.3, -0.25) is 4.39 Å². The van der Waals surface area contributed by atoms with Crippen LogP contribution in [0.2, 0.25) is 0 Å². The minimum Gasteiger partial charge on any atom is -0.323 e. The van der Waals surface area contributed by atoms with Crippen molar-refractivity contribution in [3.05, 3.63) is 35.4 Å². The fourth-order valence-corrected chi connectivity index (χ4v) is 1.07. The summed E-state index contributed by atoms with van der Waals surface area (Å²) in [5.74, 6) is 5.00. The van der Waals surface area contributed by atoms with Crippen molar-refractivity contribution in [3.8, 4) is 0 Å². The van der Waals surface area contributed by atoms with Gasteiger partial charge in [0.15, 0.2) is 0 Å². The number of rotatable bonds is 3. The van der Waals surface area contributed by atoms with E-state index < -0.39 is 0 Å². The maximum atomic E-state index is 12.0. The van der Waals surface area contributed by atoms with Crippen LogP contribution in [0, 0.1) is 0 Å². The van der Waals surface area contributed by atoms with E-state index in [4.69, 9.17) is 5.84 Å². The Hall–Kier alpha value is -1.38. The molecule has 1 aromatic rings. The Labute approximate surface area is 70.9 Å². The molecule has 0 saturated heterocycles. The van der Waals surface area contributed by atoms with E-state index in [2.05, 4.69) is 5.10 Å². The quantitative estimate of drug-likeness (QED) is 0.412. The summed E-state index contributed by atoms with van der Waals surface area (Å²) in [5.41, 5.74) is 1.83. The SMILES string of the molecule is NN=Cc1ccccc1CCF. The molecule has 0 unspecified atom stereocenters. The number of alkyl halides is 1. The summed E-state index contributed by atoms with van der Waals surface area (Å²) in [6.07, 6.45) is 1.95. The first-order valence-electron chi connectivity index (χ1n) is 3.75. The number of nitrogens with two attached hydrogens (primary N) is 1. The molecule has 64 valence electrons. The van der Waals surface area contributed by atoms with Gasteiger partial charge >= 0.3 is 0 Å². The second-order valence-corrected chi connectivity index (χ2v) is 2.42. The summed E-state index contributed by atoms with van der Waals surface area (Å²) < 4.78 is 12.0. The van der Waals surface area contributed by atoms with Crippen LogP contribution in [0.3, 0.4) is 0 Å². The minimum atomic E-state index is -0.352. The summed E-state index contributed by atoms with van der Waals surface area (Å²) in [7, 11) is 0. The highest BCUT2D eigenvalue weighted by Crippen LogP contribution is 2.06. The lowest BCUT2D eigenvalue weighted by molar-refractivity contribution is 0.495. The molecule has 0 amide bonds. The van der Waals surface area contributed by atoms with Crippen molar-refractivity contribution in [3.63, 3.8) is 0 Å². The molecule has 0 aromatic heterocycles. The van der Waals surface area contributed by atoms with Crippen molar-refractivity contribution < 1.29 is 4.39 Å². The molecule has 0 atom stereocenters. The molecule has 0 saturated carbocycles. The van der Waals surface area contributed by atoms with E-state index in [1.807, 2.05) is 24.3 Å². The van der Waals surface area contributed by atoms with Gasteiger partial charge < -0.3 is 5.84 Å². The Morgan fingerprint density at radius 1 is 1.42 bits per heavy atom. The molecule has 0 spiro atoms. The van der Waals surface area contributed by atoms with Crippen LogP contribution in [0.15, 0.2) is 29.4 Å². The van der Waals surface area contributed by atoms with E-state index in [-0.39, 0.29) is 6.67 Å². The largest absolute Gasteiger partial charge is 0.323 e. The van der Waals surface area contributed by atoms with Crippen LogP contribution in [0.1, 0.15) is 11.1 Å². The van der Waals surface area contributed by atoms with Crippen LogP contribution in [0.5, 0.6) is 0 Å². The predicted molar refractivity (Wildman–Crippen MR) is 47.9 cm³/mol. The number of halogens is 1. The standard InChI is InChI=1S/C9H11FN2/c10-6-5-8-3-1-2-4-9(8)7-12-11/h1-4,7H,5-6,11H2. The molecule has 2 N–H and O–H groups in total. The number of nitrogens with zero attached hydrogens (tertiary/aromatic N) is 1. The molecule has 0 heterocycles. The van der Waals surface area contributed by atoms with Gasteiger partial charge in [0.2, 0.25) is 0 Å².